The first-order valence-corrected chi connectivity index (χ1v) is 9.82. The molecule has 0 unspecified atom stereocenters. The van der Waals surface area contributed by atoms with E-state index in [1.807, 2.05) is 66.5 Å². The minimum absolute atomic E-state index is 0.107. The highest BCUT2D eigenvalue weighted by Gasteiger charge is 2.09. The SMILES string of the molecule is CCCSN(CC)c1ccc(C(=O)Nc2ccc3ncccc3c2)cc1. The van der Waals surface area contributed by atoms with Crippen LogP contribution in [0, 0.1) is 0 Å². The highest BCUT2D eigenvalue weighted by Crippen LogP contribution is 2.24. The number of benzene rings is 2. The van der Waals surface area contributed by atoms with Crippen LogP contribution in [0.1, 0.15) is 30.6 Å². The summed E-state index contributed by atoms with van der Waals surface area (Å²) in [6.07, 6.45) is 2.91. The van der Waals surface area contributed by atoms with Gasteiger partial charge in [-0.25, -0.2) is 0 Å². The number of fused-ring (bicyclic) bond motifs is 1. The monoisotopic (exact) mass is 365 g/mol. The van der Waals surface area contributed by atoms with Crippen LogP contribution in [-0.2, 0) is 0 Å². The number of aromatic nitrogens is 1. The zero-order valence-corrected chi connectivity index (χ0v) is 15.9. The van der Waals surface area contributed by atoms with E-state index in [0.29, 0.717) is 5.56 Å². The van der Waals surface area contributed by atoms with Crippen molar-refractivity contribution in [3.63, 3.8) is 0 Å². The van der Waals surface area contributed by atoms with E-state index in [-0.39, 0.29) is 5.91 Å². The first kappa shape index (κ1) is 18.3. The molecule has 0 saturated heterocycles. The maximum absolute atomic E-state index is 12.5. The molecule has 3 rings (SSSR count). The first-order chi connectivity index (χ1) is 12.7. The van der Waals surface area contributed by atoms with Crippen molar-refractivity contribution in [2.24, 2.45) is 0 Å². The fourth-order valence-electron chi connectivity index (χ4n) is 2.69. The van der Waals surface area contributed by atoms with Gasteiger partial charge in [0, 0.05) is 40.8 Å². The quantitative estimate of drug-likeness (QED) is 0.572. The van der Waals surface area contributed by atoms with Crippen molar-refractivity contribution in [1.29, 1.82) is 0 Å². The number of pyridine rings is 1. The summed E-state index contributed by atoms with van der Waals surface area (Å²) in [5.74, 6) is 0.983. The van der Waals surface area contributed by atoms with E-state index >= 15 is 0 Å². The normalized spacial score (nSPS) is 10.7. The topological polar surface area (TPSA) is 45.2 Å². The first-order valence-electron chi connectivity index (χ1n) is 8.88. The van der Waals surface area contributed by atoms with Gasteiger partial charge in [-0.1, -0.05) is 13.0 Å². The highest BCUT2D eigenvalue weighted by atomic mass is 32.2. The van der Waals surface area contributed by atoms with Crippen molar-refractivity contribution in [3.05, 3.63) is 66.4 Å². The van der Waals surface area contributed by atoms with E-state index in [9.17, 15) is 4.79 Å². The molecule has 0 aliphatic carbocycles. The van der Waals surface area contributed by atoms with Gasteiger partial charge in [-0.2, -0.15) is 0 Å². The minimum atomic E-state index is -0.107. The van der Waals surface area contributed by atoms with E-state index in [1.165, 1.54) is 0 Å². The van der Waals surface area contributed by atoms with Gasteiger partial charge < -0.3 is 9.62 Å². The molecule has 2 aromatic carbocycles. The molecule has 1 heterocycles. The van der Waals surface area contributed by atoms with Gasteiger partial charge in [0.1, 0.15) is 0 Å². The van der Waals surface area contributed by atoms with Gasteiger partial charge in [0.05, 0.1) is 5.52 Å². The number of hydrogen-bond acceptors (Lipinski definition) is 4. The summed E-state index contributed by atoms with van der Waals surface area (Å²) >= 11 is 1.82. The second-order valence-corrected chi connectivity index (χ2v) is 7.05. The molecule has 134 valence electrons. The molecule has 0 fully saturated rings. The van der Waals surface area contributed by atoms with Crippen LogP contribution in [0.4, 0.5) is 11.4 Å². The lowest BCUT2D eigenvalue weighted by Gasteiger charge is -2.21. The zero-order chi connectivity index (χ0) is 18.4. The van der Waals surface area contributed by atoms with Gasteiger partial charge in [-0.05, 0) is 73.8 Å². The summed E-state index contributed by atoms with van der Waals surface area (Å²) in [5.41, 5.74) is 3.46. The van der Waals surface area contributed by atoms with Crippen molar-refractivity contribution in [2.75, 3.05) is 21.9 Å². The summed E-state index contributed by atoms with van der Waals surface area (Å²) in [6, 6.07) is 17.4. The number of amides is 1. The number of nitrogens with one attached hydrogen (secondary N) is 1. The molecule has 0 saturated carbocycles. The van der Waals surface area contributed by atoms with Crippen LogP contribution in [0.5, 0.6) is 0 Å². The molecule has 1 aromatic heterocycles. The summed E-state index contributed by atoms with van der Waals surface area (Å²) in [4.78, 5) is 16.8. The van der Waals surface area contributed by atoms with Crippen LogP contribution < -0.4 is 9.62 Å². The maximum Gasteiger partial charge on any atom is 0.255 e. The number of carbonyl (C=O) groups is 1. The molecule has 0 spiro atoms. The zero-order valence-electron chi connectivity index (χ0n) is 15.1. The number of nitrogens with zero attached hydrogens (tertiary/aromatic N) is 2. The lowest BCUT2D eigenvalue weighted by atomic mass is 10.1. The second kappa shape index (κ2) is 8.72. The number of carbonyl (C=O) groups excluding carboxylic acids is 1. The fourth-order valence-corrected chi connectivity index (χ4v) is 3.54. The van der Waals surface area contributed by atoms with Crippen molar-refractivity contribution in [3.8, 4) is 0 Å². The van der Waals surface area contributed by atoms with Crippen LogP contribution in [0.3, 0.4) is 0 Å². The molecule has 3 aromatic rings. The molecule has 1 amide bonds. The van der Waals surface area contributed by atoms with Crippen LogP contribution in [0.25, 0.3) is 10.9 Å². The Morgan fingerprint density at radius 1 is 1.12 bits per heavy atom. The molecule has 1 N–H and O–H groups in total. The van der Waals surface area contributed by atoms with E-state index in [2.05, 4.69) is 28.5 Å². The Kier molecular flexibility index (Phi) is 6.12. The van der Waals surface area contributed by atoms with Gasteiger partial charge in [0.2, 0.25) is 0 Å². The van der Waals surface area contributed by atoms with Gasteiger partial charge >= 0.3 is 0 Å². The van der Waals surface area contributed by atoms with Crippen molar-refractivity contribution < 1.29 is 4.79 Å². The van der Waals surface area contributed by atoms with Crippen molar-refractivity contribution >= 4 is 40.1 Å². The third kappa shape index (κ3) is 4.35. The van der Waals surface area contributed by atoms with Crippen molar-refractivity contribution in [2.45, 2.75) is 20.3 Å². The van der Waals surface area contributed by atoms with E-state index < -0.39 is 0 Å². The number of hydrogen-bond donors (Lipinski definition) is 1. The molecule has 0 atom stereocenters. The molecular weight excluding hydrogens is 342 g/mol. The maximum atomic E-state index is 12.5. The summed E-state index contributed by atoms with van der Waals surface area (Å²) in [5, 5.41) is 3.97. The van der Waals surface area contributed by atoms with Crippen LogP contribution in [0.15, 0.2) is 60.8 Å². The average molecular weight is 366 g/mol. The van der Waals surface area contributed by atoms with Crippen LogP contribution in [-0.4, -0.2) is 23.2 Å². The molecule has 0 aliphatic heterocycles. The number of rotatable bonds is 7. The van der Waals surface area contributed by atoms with Crippen molar-refractivity contribution in [1.82, 2.24) is 4.98 Å². The van der Waals surface area contributed by atoms with E-state index in [0.717, 1.165) is 41.0 Å². The Morgan fingerprint density at radius 3 is 2.65 bits per heavy atom. The Hall–Kier alpha value is -2.53. The second-order valence-electron chi connectivity index (χ2n) is 5.94. The molecule has 4 nitrogen and oxygen atoms in total. The average Bonchev–Trinajstić information content (AvgIpc) is 2.69. The number of anilines is 2. The molecular formula is C21H23N3OS. The van der Waals surface area contributed by atoms with Crippen LogP contribution in [0.2, 0.25) is 0 Å². The standard InChI is InChI=1S/C21H23N3OS/c1-3-14-26-24(4-2)19-10-7-16(8-11-19)21(25)23-18-9-12-20-17(15-18)6-5-13-22-20/h5-13,15H,3-4,14H2,1-2H3,(H,23,25). The summed E-state index contributed by atoms with van der Waals surface area (Å²) < 4.78 is 2.25. The minimum Gasteiger partial charge on any atom is -0.322 e. The predicted molar refractivity (Wildman–Crippen MR) is 112 cm³/mol. The molecule has 0 radical (unpaired) electrons. The van der Waals surface area contributed by atoms with Gasteiger partial charge in [-0.3, -0.25) is 9.78 Å². The molecule has 0 bridgehead atoms. The third-order valence-electron chi connectivity index (χ3n) is 4.02. The van der Waals surface area contributed by atoms with Gasteiger partial charge in [0.15, 0.2) is 0 Å². The summed E-state index contributed by atoms with van der Waals surface area (Å²) in [6.45, 7) is 5.25. The fraction of sp³-hybridized carbons (Fsp3) is 0.238. The smallest absolute Gasteiger partial charge is 0.255 e. The Morgan fingerprint density at radius 2 is 1.92 bits per heavy atom. The molecule has 26 heavy (non-hydrogen) atoms. The predicted octanol–water partition coefficient (Wildman–Crippen LogP) is 5.37. The van der Waals surface area contributed by atoms with Crippen LogP contribution >= 0.6 is 11.9 Å². The largest absolute Gasteiger partial charge is 0.322 e. The molecule has 5 heteroatoms. The molecule has 0 aliphatic rings. The third-order valence-corrected chi connectivity index (χ3v) is 5.39. The summed E-state index contributed by atoms with van der Waals surface area (Å²) in [7, 11) is 0. The lowest BCUT2D eigenvalue weighted by Crippen LogP contribution is -2.15. The Balaban J connectivity index is 1.70. The Bertz CT molecular complexity index is 880. The van der Waals surface area contributed by atoms with Gasteiger partial charge in [0.25, 0.3) is 5.91 Å². The van der Waals surface area contributed by atoms with Gasteiger partial charge in [-0.15, -0.1) is 0 Å². The lowest BCUT2D eigenvalue weighted by molar-refractivity contribution is 0.102. The Labute approximate surface area is 158 Å². The highest BCUT2D eigenvalue weighted by molar-refractivity contribution is 8.00. The van der Waals surface area contributed by atoms with E-state index in [1.54, 1.807) is 6.20 Å². The van der Waals surface area contributed by atoms with E-state index in [4.69, 9.17) is 0 Å².